The van der Waals surface area contributed by atoms with Gasteiger partial charge in [-0.05, 0) is 54.5 Å². The molecule has 1 N–H and O–H groups in total. The van der Waals surface area contributed by atoms with E-state index in [4.69, 9.17) is 4.74 Å². The van der Waals surface area contributed by atoms with E-state index in [9.17, 15) is 14.0 Å². The first-order valence-corrected chi connectivity index (χ1v) is 10.3. The number of carbonyl (C=O) groups excluding carboxylic acids is 2. The molecule has 1 aliphatic heterocycles. The Labute approximate surface area is 177 Å². The number of amides is 1. The number of ether oxygens (including phenoxy) is 1. The van der Waals surface area contributed by atoms with Crippen molar-refractivity contribution in [3.05, 3.63) is 76.7 Å². The van der Waals surface area contributed by atoms with Crippen LogP contribution in [0.2, 0.25) is 0 Å². The molecule has 3 aromatic rings. The Balaban J connectivity index is 1.39. The molecule has 5 nitrogen and oxygen atoms in total. The normalized spacial score (nSPS) is 15.1. The first-order chi connectivity index (χ1) is 14.5. The van der Waals surface area contributed by atoms with E-state index in [1.807, 2.05) is 18.2 Å². The molecule has 7 heteroatoms. The van der Waals surface area contributed by atoms with Gasteiger partial charge < -0.3 is 10.1 Å². The van der Waals surface area contributed by atoms with Crippen molar-refractivity contribution in [1.29, 1.82) is 0 Å². The number of nitrogens with one attached hydrogen (secondary N) is 1. The fourth-order valence-corrected chi connectivity index (χ4v) is 4.13. The molecule has 1 atom stereocenters. The highest BCUT2D eigenvalue weighted by atomic mass is 32.1. The van der Waals surface area contributed by atoms with E-state index in [-0.39, 0.29) is 30.1 Å². The molecule has 0 bridgehead atoms. The van der Waals surface area contributed by atoms with Crippen molar-refractivity contribution < 1.29 is 18.7 Å². The second-order valence-corrected chi connectivity index (χ2v) is 8.06. The summed E-state index contributed by atoms with van der Waals surface area (Å²) in [7, 11) is 0. The topological polar surface area (TPSA) is 68.3 Å². The van der Waals surface area contributed by atoms with Crippen LogP contribution in [0.25, 0.3) is 16.5 Å². The number of thiophene rings is 1. The number of benzene rings is 1. The summed E-state index contributed by atoms with van der Waals surface area (Å²) in [4.78, 5) is 29.0. The zero-order valence-electron chi connectivity index (χ0n) is 16.2. The molecule has 0 fully saturated rings. The predicted octanol–water partition coefficient (Wildman–Crippen LogP) is 4.28. The van der Waals surface area contributed by atoms with Gasteiger partial charge in [0.05, 0.1) is 11.4 Å². The fourth-order valence-electron chi connectivity index (χ4n) is 3.25. The number of hydrogen-bond acceptors (Lipinski definition) is 5. The van der Waals surface area contributed by atoms with E-state index in [0.717, 1.165) is 21.6 Å². The number of rotatable bonds is 6. The van der Waals surface area contributed by atoms with Crippen LogP contribution >= 0.6 is 11.3 Å². The Morgan fingerprint density at radius 1 is 1.33 bits per heavy atom. The van der Waals surface area contributed by atoms with Crippen LogP contribution in [-0.4, -0.2) is 29.3 Å². The molecule has 152 valence electrons. The molecule has 2 aromatic heterocycles. The van der Waals surface area contributed by atoms with Gasteiger partial charge in [0.25, 0.3) is 0 Å². The molecule has 0 saturated heterocycles. The Morgan fingerprint density at radius 2 is 2.20 bits per heavy atom. The summed E-state index contributed by atoms with van der Waals surface area (Å²) in [5, 5.41) is 2.78. The molecule has 1 amide bonds. The molecular weight excluding hydrogens is 403 g/mol. The maximum absolute atomic E-state index is 14.6. The zero-order valence-corrected chi connectivity index (χ0v) is 17.0. The summed E-state index contributed by atoms with van der Waals surface area (Å²) in [6.45, 7) is 1.78. The largest absolute Gasteiger partial charge is 0.485 e. The third kappa shape index (κ3) is 4.46. The lowest BCUT2D eigenvalue weighted by Crippen LogP contribution is -2.33. The minimum Gasteiger partial charge on any atom is -0.485 e. The summed E-state index contributed by atoms with van der Waals surface area (Å²) in [5.74, 6) is -0.475. The summed E-state index contributed by atoms with van der Waals surface area (Å²) < 4.78 is 20.3. The van der Waals surface area contributed by atoms with Crippen molar-refractivity contribution in [2.45, 2.75) is 19.4 Å². The SMILES string of the molecule is CC(=O)c1ccc(-c2cc(F)c3c(c2)CC(CNC(=O)/C=C/c2cccnc2)O3)s1. The van der Waals surface area contributed by atoms with Crippen LogP contribution in [0.1, 0.15) is 27.7 Å². The lowest BCUT2D eigenvalue weighted by atomic mass is 10.0. The predicted molar refractivity (Wildman–Crippen MR) is 114 cm³/mol. The summed E-state index contributed by atoms with van der Waals surface area (Å²) in [6.07, 6.45) is 6.59. The van der Waals surface area contributed by atoms with Crippen molar-refractivity contribution in [2.75, 3.05) is 6.54 Å². The van der Waals surface area contributed by atoms with Crippen molar-refractivity contribution in [2.24, 2.45) is 0 Å². The number of nitrogens with zero attached hydrogens (tertiary/aromatic N) is 1. The molecule has 4 rings (SSSR count). The molecule has 1 unspecified atom stereocenters. The zero-order chi connectivity index (χ0) is 21.1. The van der Waals surface area contributed by atoms with Crippen LogP contribution < -0.4 is 10.1 Å². The van der Waals surface area contributed by atoms with Gasteiger partial charge in [-0.15, -0.1) is 11.3 Å². The lowest BCUT2D eigenvalue weighted by Gasteiger charge is -2.11. The molecule has 1 aromatic carbocycles. The van der Waals surface area contributed by atoms with Gasteiger partial charge in [-0.3, -0.25) is 14.6 Å². The van der Waals surface area contributed by atoms with E-state index < -0.39 is 5.82 Å². The minimum atomic E-state index is -0.439. The first-order valence-electron chi connectivity index (χ1n) is 9.46. The van der Waals surface area contributed by atoms with E-state index in [0.29, 0.717) is 11.3 Å². The third-order valence-electron chi connectivity index (χ3n) is 4.71. The molecular formula is C23H19FN2O3S. The highest BCUT2D eigenvalue weighted by Crippen LogP contribution is 2.37. The van der Waals surface area contributed by atoms with Gasteiger partial charge in [0, 0.05) is 35.3 Å². The number of hydrogen-bond donors (Lipinski definition) is 1. The number of carbonyl (C=O) groups is 2. The highest BCUT2D eigenvalue weighted by Gasteiger charge is 2.27. The molecule has 0 spiro atoms. The fraction of sp³-hybridized carbons (Fsp3) is 0.174. The Kier molecular flexibility index (Phi) is 5.72. The Morgan fingerprint density at radius 3 is 2.93 bits per heavy atom. The second-order valence-electron chi connectivity index (χ2n) is 6.98. The van der Waals surface area contributed by atoms with Crippen molar-refractivity contribution >= 4 is 29.1 Å². The van der Waals surface area contributed by atoms with Gasteiger partial charge in [-0.25, -0.2) is 4.39 Å². The van der Waals surface area contributed by atoms with E-state index >= 15 is 0 Å². The quantitative estimate of drug-likeness (QED) is 0.475. The number of Topliss-reactive ketones (excluding diaryl/α,β-unsaturated/α-hetero) is 1. The monoisotopic (exact) mass is 422 g/mol. The smallest absolute Gasteiger partial charge is 0.244 e. The maximum atomic E-state index is 14.6. The number of pyridine rings is 1. The molecule has 3 heterocycles. The maximum Gasteiger partial charge on any atom is 0.244 e. The average Bonchev–Trinajstić information content (AvgIpc) is 3.39. The van der Waals surface area contributed by atoms with E-state index in [1.54, 1.807) is 30.6 Å². The number of ketones is 1. The van der Waals surface area contributed by atoms with Crippen molar-refractivity contribution in [1.82, 2.24) is 10.3 Å². The third-order valence-corrected chi connectivity index (χ3v) is 5.94. The Hall–Kier alpha value is -3.32. The van der Waals surface area contributed by atoms with Gasteiger partial charge in [-0.2, -0.15) is 0 Å². The molecule has 0 saturated carbocycles. The van der Waals surface area contributed by atoms with Gasteiger partial charge >= 0.3 is 0 Å². The average molecular weight is 422 g/mol. The molecule has 30 heavy (non-hydrogen) atoms. The number of aromatic nitrogens is 1. The second kappa shape index (κ2) is 8.59. The Bertz CT molecular complexity index is 1120. The van der Waals surface area contributed by atoms with Gasteiger partial charge in [-0.1, -0.05) is 6.07 Å². The molecule has 0 radical (unpaired) electrons. The summed E-state index contributed by atoms with van der Waals surface area (Å²) in [5.41, 5.74) is 2.30. The van der Waals surface area contributed by atoms with Crippen molar-refractivity contribution in [3.63, 3.8) is 0 Å². The highest BCUT2D eigenvalue weighted by molar-refractivity contribution is 7.17. The van der Waals surface area contributed by atoms with Crippen LogP contribution in [0.3, 0.4) is 0 Å². The minimum absolute atomic E-state index is 0.00963. The standard InChI is InChI=1S/C23H19FN2O3S/c1-14(27)20-5-6-21(30-20)16-9-17-10-18(29-23(17)19(24)11-16)13-26-22(28)7-4-15-3-2-8-25-12-15/h2-9,11-12,18H,10,13H2,1H3,(H,26,28)/b7-4+. The van der Waals surface area contributed by atoms with Crippen molar-refractivity contribution in [3.8, 4) is 16.2 Å². The van der Waals surface area contributed by atoms with Crippen LogP contribution in [-0.2, 0) is 11.2 Å². The van der Waals surface area contributed by atoms with Gasteiger partial charge in [0.2, 0.25) is 5.91 Å². The van der Waals surface area contributed by atoms with E-state index in [2.05, 4.69) is 10.3 Å². The lowest BCUT2D eigenvalue weighted by molar-refractivity contribution is -0.116. The van der Waals surface area contributed by atoms with Crippen LogP contribution in [0.15, 0.2) is 54.9 Å². The summed E-state index contributed by atoms with van der Waals surface area (Å²) in [6, 6.07) is 10.5. The number of halogens is 1. The van der Waals surface area contributed by atoms with Crippen LogP contribution in [0.4, 0.5) is 4.39 Å². The molecule has 1 aliphatic rings. The first kappa shape index (κ1) is 20.0. The van der Waals surface area contributed by atoms with Crippen LogP contribution in [0, 0.1) is 5.82 Å². The van der Waals surface area contributed by atoms with Gasteiger partial charge in [0.15, 0.2) is 17.3 Å². The van der Waals surface area contributed by atoms with Gasteiger partial charge in [0.1, 0.15) is 6.10 Å². The molecule has 0 aliphatic carbocycles. The number of fused-ring (bicyclic) bond motifs is 1. The van der Waals surface area contributed by atoms with E-state index in [1.165, 1.54) is 30.4 Å². The summed E-state index contributed by atoms with van der Waals surface area (Å²) >= 11 is 1.34. The van der Waals surface area contributed by atoms with Crippen LogP contribution in [0.5, 0.6) is 5.75 Å².